The van der Waals surface area contributed by atoms with Crippen molar-refractivity contribution in [2.45, 2.75) is 39.2 Å². The number of nitrogens with zero attached hydrogens (tertiary/aromatic N) is 5. The second kappa shape index (κ2) is 8.64. The van der Waals surface area contributed by atoms with Crippen molar-refractivity contribution in [3.05, 3.63) is 66.5 Å². The predicted octanol–water partition coefficient (Wildman–Crippen LogP) is 3.49. The minimum atomic E-state index is -0.707. The molecule has 4 aromatic rings. The molecule has 9 nitrogen and oxygen atoms in total. The SMILES string of the molecule is CCCCCn1c(=O)n(-c2nc(Cc3ccc(F)cc3Cl)no2)c(=O)c2[nH]c(Cl)nc21. The molecule has 0 fully saturated rings. The summed E-state index contributed by atoms with van der Waals surface area (Å²) in [7, 11) is 0. The van der Waals surface area contributed by atoms with Gasteiger partial charge in [0.2, 0.25) is 5.28 Å². The minimum Gasteiger partial charge on any atom is -0.323 e. The first-order chi connectivity index (χ1) is 14.9. The number of imidazole rings is 1. The monoisotopic (exact) mass is 466 g/mol. The Morgan fingerprint density at radius 2 is 2.00 bits per heavy atom. The van der Waals surface area contributed by atoms with E-state index in [0.29, 0.717) is 18.5 Å². The summed E-state index contributed by atoms with van der Waals surface area (Å²) in [5.41, 5.74) is -0.573. The van der Waals surface area contributed by atoms with Crippen LogP contribution in [0.3, 0.4) is 0 Å². The van der Waals surface area contributed by atoms with Gasteiger partial charge in [-0.15, -0.1) is 0 Å². The highest BCUT2D eigenvalue weighted by Crippen LogP contribution is 2.20. The summed E-state index contributed by atoms with van der Waals surface area (Å²) >= 11 is 12.0. The second-order valence-electron chi connectivity index (χ2n) is 6.91. The van der Waals surface area contributed by atoms with E-state index >= 15 is 0 Å². The number of aromatic nitrogens is 6. The summed E-state index contributed by atoms with van der Waals surface area (Å²) in [6, 6.07) is 3.64. The van der Waals surface area contributed by atoms with Crippen molar-refractivity contribution in [2.75, 3.05) is 0 Å². The maximum absolute atomic E-state index is 13.3. The number of unbranched alkanes of at least 4 members (excludes halogenated alkanes) is 2. The number of benzene rings is 1. The first kappa shape index (κ1) is 21.3. The van der Waals surface area contributed by atoms with Gasteiger partial charge < -0.3 is 9.51 Å². The average molecular weight is 467 g/mol. The molecule has 0 amide bonds. The highest BCUT2D eigenvalue weighted by Gasteiger charge is 2.21. The molecule has 1 aromatic carbocycles. The van der Waals surface area contributed by atoms with Crippen LogP contribution in [0.5, 0.6) is 0 Å². The van der Waals surface area contributed by atoms with Gasteiger partial charge in [-0.25, -0.2) is 9.18 Å². The molecule has 3 heterocycles. The van der Waals surface area contributed by atoms with Gasteiger partial charge in [0, 0.05) is 18.0 Å². The number of rotatable bonds is 7. The van der Waals surface area contributed by atoms with Crippen molar-refractivity contribution in [1.82, 2.24) is 29.2 Å². The number of nitrogens with one attached hydrogen (secondary N) is 1. The predicted molar refractivity (Wildman–Crippen MR) is 113 cm³/mol. The van der Waals surface area contributed by atoms with Crippen molar-refractivity contribution in [2.24, 2.45) is 0 Å². The first-order valence-corrected chi connectivity index (χ1v) is 10.3. The lowest BCUT2D eigenvalue weighted by molar-refractivity contribution is 0.389. The molecule has 0 saturated carbocycles. The summed E-state index contributed by atoms with van der Waals surface area (Å²) in [5.74, 6) is -0.292. The summed E-state index contributed by atoms with van der Waals surface area (Å²) in [6.45, 7) is 2.38. The first-order valence-electron chi connectivity index (χ1n) is 9.57. The Bertz CT molecular complexity index is 1370. The summed E-state index contributed by atoms with van der Waals surface area (Å²) in [4.78, 5) is 36.9. The average Bonchev–Trinajstić information content (AvgIpc) is 3.33. The van der Waals surface area contributed by atoms with Crippen LogP contribution >= 0.6 is 23.2 Å². The lowest BCUT2D eigenvalue weighted by atomic mass is 10.1. The van der Waals surface area contributed by atoms with Crippen LogP contribution in [0, 0.1) is 5.82 Å². The Balaban J connectivity index is 1.77. The number of fused-ring (bicyclic) bond motifs is 1. The number of aryl methyl sites for hydroxylation is 1. The van der Waals surface area contributed by atoms with E-state index in [1.165, 1.54) is 22.8 Å². The van der Waals surface area contributed by atoms with Crippen LogP contribution < -0.4 is 11.2 Å². The molecule has 3 aromatic heterocycles. The van der Waals surface area contributed by atoms with E-state index < -0.39 is 17.1 Å². The maximum atomic E-state index is 13.3. The van der Waals surface area contributed by atoms with E-state index in [1.807, 2.05) is 6.92 Å². The number of halogens is 3. The van der Waals surface area contributed by atoms with E-state index in [9.17, 15) is 14.0 Å². The van der Waals surface area contributed by atoms with Gasteiger partial charge in [-0.2, -0.15) is 14.5 Å². The van der Waals surface area contributed by atoms with E-state index in [4.69, 9.17) is 27.7 Å². The Morgan fingerprint density at radius 3 is 2.74 bits per heavy atom. The molecule has 0 aliphatic heterocycles. The molecule has 1 N–H and O–H groups in total. The molecule has 0 spiro atoms. The fraction of sp³-hybridized carbons (Fsp3) is 0.316. The molecule has 0 aliphatic rings. The van der Waals surface area contributed by atoms with Gasteiger partial charge in [0.25, 0.3) is 5.56 Å². The van der Waals surface area contributed by atoms with Crippen molar-refractivity contribution in [3.8, 4) is 6.01 Å². The van der Waals surface area contributed by atoms with E-state index in [0.717, 1.165) is 17.4 Å². The summed E-state index contributed by atoms with van der Waals surface area (Å²) in [6.07, 6.45) is 2.69. The second-order valence-corrected chi connectivity index (χ2v) is 7.68. The minimum absolute atomic E-state index is 0.00865. The standard InChI is InChI=1S/C19H17Cl2FN6O3/c1-2-3-4-7-27-15-14(24-17(21)25-15)16(29)28(19(27)30)18-23-13(26-31-18)8-10-5-6-11(22)9-12(10)20/h5-6,9H,2-4,7-8H2,1H3,(H,24,25). The van der Waals surface area contributed by atoms with Crippen molar-refractivity contribution >= 4 is 34.4 Å². The van der Waals surface area contributed by atoms with Crippen LogP contribution in [0.25, 0.3) is 17.2 Å². The molecule has 0 radical (unpaired) electrons. The van der Waals surface area contributed by atoms with Crippen molar-refractivity contribution in [1.29, 1.82) is 0 Å². The van der Waals surface area contributed by atoms with Gasteiger partial charge in [0.15, 0.2) is 17.0 Å². The van der Waals surface area contributed by atoms with Gasteiger partial charge in [-0.1, -0.05) is 42.6 Å². The topological polar surface area (TPSA) is 112 Å². The smallest absolute Gasteiger partial charge is 0.323 e. The van der Waals surface area contributed by atoms with Crippen LogP contribution in [0.2, 0.25) is 10.3 Å². The highest BCUT2D eigenvalue weighted by atomic mass is 35.5. The zero-order valence-corrected chi connectivity index (χ0v) is 17.9. The van der Waals surface area contributed by atoms with E-state index in [1.54, 1.807) is 0 Å². The third-order valence-corrected chi connectivity index (χ3v) is 5.28. The fourth-order valence-electron chi connectivity index (χ4n) is 3.22. The quantitative estimate of drug-likeness (QED) is 0.329. The zero-order valence-electron chi connectivity index (χ0n) is 16.4. The molecule has 12 heteroatoms. The Labute approximate surface area is 184 Å². The Hall–Kier alpha value is -2.98. The highest BCUT2D eigenvalue weighted by molar-refractivity contribution is 6.31. The molecule has 0 aliphatic carbocycles. The van der Waals surface area contributed by atoms with Crippen LogP contribution in [0.1, 0.15) is 37.6 Å². The normalized spacial score (nSPS) is 11.5. The summed E-state index contributed by atoms with van der Waals surface area (Å²) in [5, 5.41) is 4.02. The molecule has 0 saturated heterocycles. The van der Waals surface area contributed by atoms with Crippen LogP contribution in [0.15, 0.2) is 32.3 Å². The largest absolute Gasteiger partial charge is 0.341 e. The van der Waals surface area contributed by atoms with Gasteiger partial charge in [-0.05, 0) is 35.7 Å². The zero-order chi connectivity index (χ0) is 22.1. The van der Waals surface area contributed by atoms with Crippen LogP contribution in [-0.2, 0) is 13.0 Å². The third kappa shape index (κ3) is 4.13. The molecule has 0 bridgehead atoms. The molecule has 0 unspecified atom stereocenters. The van der Waals surface area contributed by atoms with Crippen molar-refractivity contribution in [3.63, 3.8) is 0 Å². The molecule has 162 valence electrons. The van der Waals surface area contributed by atoms with E-state index in [-0.39, 0.29) is 39.7 Å². The van der Waals surface area contributed by atoms with E-state index in [2.05, 4.69) is 20.1 Å². The number of hydrogen-bond donors (Lipinski definition) is 1. The van der Waals surface area contributed by atoms with Crippen molar-refractivity contribution < 1.29 is 8.91 Å². The molecular formula is C19H17Cl2FN6O3. The van der Waals surface area contributed by atoms with Crippen LogP contribution in [-0.4, -0.2) is 29.2 Å². The molecular weight excluding hydrogens is 450 g/mol. The maximum Gasteiger partial charge on any atom is 0.341 e. The fourth-order valence-corrected chi connectivity index (χ4v) is 3.63. The number of hydrogen-bond acceptors (Lipinski definition) is 6. The van der Waals surface area contributed by atoms with Gasteiger partial charge in [0.1, 0.15) is 5.82 Å². The third-order valence-electron chi connectivity index (χ3n) is 4.75. The van der Waals surface area contributed by atoms with Gasteiger partial charge in [0.05, 0.1) is 0 Å². The summed E-state index contributed by atoms with van der Waals surface area (Å²) < 4.78 is 20.6. The molecule has 31 heavy (non-hydrogen) atoms. The lowest BCUT2D eigenvalue weighted by Crippen LogP contribution is -2.39. The Kier molecular flexibility index (Phi) is 5.92. The lowest BCUT2D eigenvalue weighted by Gasteiger charge is -2.08. The van der Waals surface area contributed by atoms with Crippen LogP contribution in [0.4, 0.5) is 4.39 Å². The Morgan fingerprint density at radius 1 is 1.19 bits per heavy atom. The number of H-pyrrole nitrogens is 1. The van der Waals surface area contributed by atoms with Gasteiger partial charge in [-0.3, -0.25) is 9.36 Å². The number of aromatic amines is 1. The van der Waals surface area contributed by atoms with Gasteiger partial charge >= 0.3 is 11.7 Å². The molecule has 0 atom stereocenters. The molecule has 4 rings (SSSR count).